The van der Waals surface area contributed by atoms with E-state index in [1.807, 2.05) is 4.52 Å². The fourth-order valence-corrected chi connectivity index (χ4v) is 4.48. The van der Waals surface area contributed by atoms with Crippen LogP contribution >= 0.6 is 0 Å². The van der Waals surface area contributed by atoms with Crippen molar-refractivity contribution in [3.8, 4) is 0 Å². The topological polar surface area (TPSA) is 62.0 Å². The summed E-state index contributed by atoms with van der Waals surface area (Å²) in [5.74, 6) is 2.55. The van der Waals surface area contributed by atoms with Crippen molar-refractivity contribution in [1.29, 1.82) is 0 Å². The first-order chi connectivity index (χ1) is 13.9. The van der Waals surface area contributed by atoms with Crippen molar-refractivity contribution in [3.63, 3.8) is 0 Å². The van der Waals surface area contributed by atoms with Crippen molar-refractivity contribution < 1.29 is 4.74 Å². The van der Waals surface area contributed by atoms with Crippen LogP contribution in [0, 0.1) is 0 Å². The quantitative estimate of drug-likeness (QED) is 0.767. The Morgan fingerprint density at radius 1 is 0.857 bits per heavy atom. The van der Waals surface area contributed by atoms with Gasteiger partial charge in [-0.3, -0.25) is 4.90 Å². The molecule has 152 valence electrons. The molecule has 5 heterocycles. The molecule has 0 aliphatic carbocycles. The van der Waals surface area contributed by atoms with E-state index in [9.17, 15) is 0 Å². The van der Waals surface area contributed by atoms with Crippen LogP contribution in [0.1, 0.15) is 37.4 Å². The average molecular weight is 386 g/mol. The Balaban J connectivity index is 1.18. The first kappa shape index (κ1) is 18.3. The minimum atomic E-state index is 0.456. The van der Waals surface area contributed by atoms with Gasteiger partial charge < -0.3 is 14.5 Å². The molecule has 3 aliphatic heterocycles. The standard InChI is InChI=1S/C20H31N7O/c1-8-26(9-1)19-4-3-18-21-22-20(27(18)23-19)17-5-10-25(11-6-17)13-12-24-7-2-15-28-16-14-24/h3-4,17H,1-2,5-16H2. The van der Waals surface area contributed by atoms with E-state index in [1.165, 1.54) is 13.0 Å². The van der Waals surface area contributed by atoms with Crippen LogP contribution in [0.5, 0.6) is 0 Å². The maximum Gasteiger partial charge on any atom is 0.178 e. The number of hydrogen-bond acceptors (Lipinski definition) is 7. The number of piperidine rings is 1. The van der Waals surface area contributed by atoms with E-state index >= 15 is 0 Å². The number of nitrogens with zero attached hydrogens (tertiary/aromatic N) is 7. The molecule has 0 amide bonds. The number of ether oxygens (including phenoxy) is 1. The maximum absolute atomic E-state index is 5.56. The molecule has 3 saturated heterocycles. The van der Waals surface area contributed by atoms with Crippen LogP contribution in [0.3, 0.4) is 0 Å². The van der Waals surface area contributed by atoms with Gasteiger partial charge in [-0.2, -0.15) is 4.52 Å². The monoisotopic (exact) mass is 385 g/mol. The highest BCUT2D eigenvalue weighted by molar-refractivity contribution is 5.47. The predicted octanol–water partition coefficient (Wildman–Crippen LogP) is 1.24. The van der Waals surface area contributed by atoms with Gasteiger partial charge in [0.2, 0.25) is 0 Å². The van der Waals surface area contributed by atoms with Crippen molar-refractivity contribution in [2.24, 2.45) is 0 Å². The zero-order chi connectivity index (χ0) is 18.8. The molecule has 2 aromatic heterocycles. The molecule has 0 radical (unpaired) electrons. The second-order valence-corrected chi connectivity index (χ2v) is 8.28. The Morgan fingerprint density at radius 2 is 1.68 bits per heavy atom. The molecule has 0 spiro atoms. The molecule has 0 unspecified atom stereocenters. The second-order valence-electron chi connectivity index (χ2n) is 8.28. The summed E-state index contributed by atoms with van der Waals surface area (Å²) in [6.07, 6.45) is 4.70. The number of rotatable bonds is 5. The van der Waals surface area contributed by atoms with Crippen LogP contribution in [0.2, 0.25) is 0 Å². The summed E-state index contributed by atoms with van der Waals surface area (Å²) in [6, 6.07) is 4.13. The molecule has 8 heteroatoms. The minimum absolute atomic E-state index is 0.456. The molecule has 0 saturated carbocycles. The molecule has 28 heavy (non-hydrogen) atoms. The number of anilines is 1. The highest BCUT2D eigenvalue weighted by Gasteiger charge is 2.26. The predicted molar refractivity (Wildman–Crippen MR) is 108 cm³/mol. The third-order valence-corrected chi connectivity index (χ3v) is 6.45. The van der Waals surface area contributed by atoms with Crippen molar-refractivity contribution in [3.05, 3.63) is 18.0 Å². The normalized spacial score (nSPS) is 23.1. The lowest BCUT2D eigenvalue weighted by Gasteiger charge is -2.33. The molecular weight excluding hydrogens is 354 g/mol. The Labute approximate surface area is 166 Å². The van der Waals surface area contributed by atoms with Gasteiger partial charge in [-0.15, -0.1) is 15.3 Å². The summed E-state index contributed by atoms with van der Waals surface area (Å²) < 4.78 is 7.55. The third kappa shape index (κ3) is 3.86. The molecule has 3 aliphatic rings. The van der Waals surface area contributed by atoms with E-state index in [0.29, 0.717) is 5.92 Å². The summed E-state index contributed by atoms with van der Waals surface area (Å²) in [6.45, 7) is 10.9. The van der Waals surface area contributed by atoms with Crippen molar-refractivity contribution >= 4 is 11.5 Å². The van der Waals surface area contributed by atoms with E-state index in [1.54, 1.807) is 0 Å². The first-order valence-electron chi connectivity index (χ1n) is 10.9. The molecule has 0 aromatic carbocycles. The van der Waals surface area contributed by atoms with Gasteiger partial charge in [-0.25, -0.2) is 0 Å². The lowest BCUT2D eigenvalue weighted by atomic mass is 9.96. The lowest BCUT2D eigenvalue weighted by Crippen LogP contribution is -2.40. The van der Waals surface area contributed by atoms with Crippen LogP contribution in [0.25, 0.3) is 5.65 Å². The van der Waals surface area contributed by atoms with Gasteiger partial charge in [0.15, 0.2) is 11.5 Å². The van der Waals surface area contributed by atoms with Gasteiger partial charge in [0.1, 0.15) is 5.82 Å². The lowest BCUT2D eigenvalue weighted by molar-refractivity contribution is 0.134. The summed E-state index contributed by atoms with van der Waals surface area (Å²) >= 11 is 0. The van der Waals surface area contributed by atoms with E-state index in [-0.39, 0.29) is 0 Å². The van der Waals surface area contributed by atoms with Crippen molar-refractivity contribution in [2.45, 2.75) is 31.6 Å². The average Bonchev–Trinajstić information content (AvgIpc) is 2.92. The van der Waals surface area contributed by atoms with E-state index in [0.717, 1.165) is 95.6 Å². The van der Waals surface area contributed by atoms with Gasteiger partial charge >= 0.3 is 0 Å². The van der Waals surface area contributed by atoms with Gasteiger partial charge in [0.25, 0.3) is 0 Å². The van der Waals surface area contributed by atoms with Crippen molar-refractivity contribution in [2.75, 3.05) is 70.5 Å². The zero-order valence-corrected chi connectivity index (χ0v) is 16.7. The number of aromatic nitrogens is 4. The Bertz CT molecular complexity index is 774. The molecule has 3 fully saturated rings. The smallest absolute Gasteiger partial charge is 0.178 e. The van der Waals surface area contributed by atoms with Crippen LogP contribution in [-0.4, -0.2) is 95.2 Å². The van der Waals surface area contributed by atoms with Crippen LogP contribution in [0.4, 0.5) is 5.82 Å². The van der Waals surface area contributed by atoms with Gasteiger partial charge in [-0.1, -0.05) is 0 Å². The molecule has 5 rings (SSSR count). The van der Waals surface area contributed by atoms with Gasteiger partial charge in [0.05, 0.1) is 6.61 Å². The Kier molecular flexibility index (Phi) is 5.42. The van der Waals surface area contributed by atoms with Crippen LogP contribution in [-0.2, 0) is 4.74 Å². The minimum Gasteiger partial charge on any atom is -0.380 e. The SMILES string of the molecule is c1cc2nnc(C3CCN(CCN4CCCOCC4)CC3)n2nc1N1CCC1. The van der Waals surface area contributed by atoms with Crippen molar-refractivity contribution in [1.82, 2.24) is 29.6 Å². The molecule has 0 N–H and O–H groups in total. The first-order valence-corrected chi connectivity index (χ1v) is 10.9. The highest BCUT2D eigenvalue weighted by Crippen LogP contribution is 2.27. The molecule has 0 atom stereocenters. The largest absolute Gasteiger partial charge is 0.380 e. The third-order valence-electron chi connectivity index (χ3n) is 6.45. The Morgan fingerprint density at radius 3 is 2.46 bits per heavy atom. The molecular formula is C20H31N7O. The summed E-state index contributed by atoms with van der Waals surface area (Å²) in [5, 5.41) is 13.7. The summed E-state index contributed by atoms with van der Waals surface area (Å²) in [7, 11) is 0. The van der Waals surface area contributed by atoms with Crippen LogP contribution < -0.4 is 4.90 Å². The fraction of sp³-hybridized carbons (Fsp3) is 0.750. The van der Waals surface area contributed by atoms with Gasteiger partial charge in [0, 0.05) is 51.8 Å². The molecule has 0 bridgehead atoms. The van der Waals surface area contributed by atoms with Gasteiger partial charge in [-0.05, 0) is 50.9 Å². The Hall–Kier alpha value is -1.77. The zero-order valence-electron chi connectivity index (χ0n) is 16.7. The van der Waals surface area contributed by atoms with E-state index in [4.69, 9.17) is 9.84 Å². The van der Waals surface area contributed by atoms with Crippen LogP contribution in [0.15, 0.2) is 12.1 Å². The number of fused-ring (bicyclic) bond motifs is 1. The number of hydrogen-bond donors (Lipinski definition) is 0. The summed E-state index contributed by atoms with van der Waals surface area (Å²) in [4.78, 5) is 7.47. The fourth-order valence-electron chi connectivity index (χ4n) is 4.48. The second kappa shape index (κ2) is 8.31. The van der Waals surface area contributed by atoms with E-state index in [2.05, 4.69) is 37.0 Å². The molecule has 8 nitrogen and oxygen atoms in total. The number of likely N-dealkylation sites (tertiary alicyclic amines) is 1. The molecule has 2 aromatic rings. The van der Waals surface area contributed by atoms with E-state index < -0.39 is 0 Å². The maximum atomic E-state index is 5.56. The summed E-state index contributed by atoms with van der Waals surface area (Å²) in [5.41, 5.74) is 0.866. The highest BCUT2D eigenvalue weighted by atomic mass is 16.5.